The van der Waals surface area contributed by atoms with E-state index in [4.69, 9.17) is 19.4 Å². The number of rotatable bonds is 8. The van der Waals surface area contributed by atoms with Crippen LogP contribution >= 0.6 is 23.5 Å². The van der Waals surface area contributed by atoms with Crippen LogP contribution in [0.5, 0.6) is 0 Å². The molecule has 0 spiro atoms. The van der Waals surface area contributed by atoms with Gasteiger partial charge < -0.3 is 34.5 Å². The van der Waals surface area contributed by atoms with Crippen LogP contribution in [0.3, 0.4) is 0 Å². The number of hydrogen-bond donors (Lipinski definition) is 7. The van der Waals surface area contributed by atoms with Gasteiger partial charge in [-0.3, -0.25) is 18.9 Å². The van der Waals surface area contributed by atoms with E-state index in [1.54, 1.807) is 0 Å². The van der Waals surface area contributed by atoms with Gasteiger partial charge in [0.05, 0.1) is 6.61 Å². The Bertz CT molecular complexity index is 997. The molecule has 29 heavy (non-hydrogen) atoms. The minimum atomic E-state index is -5.73. The van der Waals surface area contributed by atoms with E-state index in [0.717, 1.165) is 12.3 Å². The SMILES string of the molecule is O=c1ccn([C@H]2O[C@@H](COP(=O)(O)OP(=O)(O)OP(=O)(O)O)[C@@H](O)[C@H]2O)c(=O)[nH]1. The third kappa shape index (κ3) is 6.73. The molecule has 17 nitrogen and oxygen atoms in total. The minimum Gasteiger partial charge on any atom is -0.387 e. The number of aromatic amines is 1. The number of H-pyrrole nitrogens is 1. The lowest BCUT2D eigenvalue weighted by molar-refractivity contribution is -0.0542. The van der Waals surface area contributed by atoms with E-state index in [9.17, 15) is 38.4 Å². The Morgan fingerprint density at radius 2 is 1.66 bits per heavy atom. The van der Waals surface area contributed by atoms with Crippen LogP contribution in [0.2, 0.25) is 0 Å². The fraction of sp³-hybridized carbons (Fsp3) is 0.556. The van der Waals surface area contributed by atoms with Crippen LogP contribution < -0.4 is 11.2 Å². The highest BCUT2D eigenvalue weighted by atomic mass is 31.3. The maximum atomic E-state index is 11.7. The molecule has 0 bridgehead atoms. The van der Waals surface area contributed by atoms with Gasteiger partial charge in [-0.15, -0.1) is 0 Å². The van der Waals surface area contributed by atoms with Gasteiger partial charge in [0.25, 0.3) is 5.56 Å². The Labute approximate surface area is 159 Å². The molecule has 6 atom stereocenters. The lowest BCUT2D eigenvalue weighted by Crippen LogP contribution is -2.37. The molecule has 20 heteroatoms. The number of aliphatic hydroxyl groups excluding tert-OH is 2. The molecule has 1 fully saturated rings. The summed E-state index contributed by atoms with van der Waals surface area (Å²) < 4.78 is 50.6. The molecule has 0 aromatic carbocycles. The zero-order chi connectivity index (χ0) is 22.2. The second kappa shape index (κ2) is 8.61. The van der Waals surface area contributed by atoms with Gasteiger partial charge in [-0.1, -0.05) is 0 Å². The van der Waals surface area contributed by atoms with Gasteiger partial charge in [0.15, 0.2) is 6.23 Å². The van der Waals surface area contributed by atoms with Crippen molar-refractivity contribution in [3.63, 3.8) is 0 Å². The van der Waals surface area contributed by atoms with Crippen LogP contribution in [0.25, 0.3) is 0 Å². The number of phosphoric acid groups is 3. The van der Waals surface area contributed by atoms with Gasteiger partial charge in [-0.25, -0.2) is 18.5 Å². The van der Waals surface area contributed by atoms with E-state index >= 15 is 0 Å². The number of ether oxygens (including phenoxy) is 1. The normalized spacial score (nSPS) is 29.3. The highest BCUT2D eigenvalue weighted by molar-refractivity contribution is 7.66. The van der Waals surface area contributed by atoms with Crippen molar-refractivity contribution < 1.29 is 61.4 Å². The molecule has 0 saturated carbocycles. The monoisotopic (exact) mass is 484 g/mol. The maximum absolute atomic E-state index is 11.7. The number of aromatic nitrogens is 2. The molecular formula is C9H15N2O15P3. The summed E-state index contributed by atoms with van der Waals surface area (Å²) in [6.45, 7) is -1.05. The van der Waals surface area contributed by atoms with E-state index in [1.807, 2.05) is 4.98 Å². The zero-order valence-corrected chi connectivity index (χ0v) is 16.5. The first kappa shape index (κ1) is 24.2. The van der Waals surface area contributed by atoms with Crippen molar-refractivity contribution in [2.45, 2.75) is 24.5 Å². The summed E-state index contributed by atoms with van der Waals surface area (Å²) in [6, 6.07) is 0.920. The van der Waals surface area contributed by atoms with Crippen LogP contribution in [-0.2, 0) is 31.6 Å². The first-order valence-electron chi connectivity index (χ1n) is 7.22. The number of aliphatic hydroxyl groups is 2. The van der Waals surface area contributed by atoms with Crippen molar-refractivity contribution in [2.24, 2.45) is 0 Å². The molecular weight excluding hydrogens is 469 g/mol. The van der Waals surface area contributed by atoms with E-state index < -0.39 is 65.9 Å². The molecule has 0 amide bonds. The highest BCUT2D eigenvalue weighted by Gasteiger charge is 2.46. The Morgan fingerprint density at radius 3 is 2.21 bits per heavy atom. The first-order chi connectivity index (χ1) is 13.1. The van der Waals surface area contributed by atoms with Gasteiger partial charge >= 0.3 is 29.2 Å². The van der Waals surface area contributed by atoms with E-state index in [1.165, 1.54) is 0 Å². The molecule has 1 aromatic rings. The molecule has 1 aliphatic heterocycles. The molecule has 2 rings (SSSR count). The van der Waals surface area contributed by atoms with Crippen LogP contribution in [-0.4, -0.2) is 64.3 Å². The predicted molar refractivity (Wildman–Crippen MR) is 87.1 cm³/mol. The van der Waals surface area contributed by atoms with Gasteiger partial charge in [0.1, 0.15) is 18.3 Å². The second-order valence-corrected chi connectivity index (χ2v) is 9.87. The van der Waals surface area contributed by atoms with Crippen molar-refractivity contribution in [3.8, 4) is 0 Å². The molecule has 2 unspecified atom stereocenters. The first-order valence-corrected chi connectivity index (χ1v) is 11.7. The van der Waals surface area contributed by atoms with E-state index in [2.05, 4.69) is 13.1 Å². The molecule has 1 saturated heterocycles. The largest absolute Gasteiger partial charge is 0.490 e. The fourth-order valence-corrected chi connectivity index (χ4v) is 5.23. The number of nitrogens with zero attached hydrogens (tertiary/aromatic N) is 1. The summed E-state index contributed by atoms with van der Waals surface area (Å²) >= 11 is 0. The smallest absolute Gasteiger partial charge is 0.387 e. The number of hydrogen-bond acceptors (Lipinski definition) is 11. The highest BCUT2D eigenvalue weighted by Crippen LogP contribution is 2.66. The Morgan fingerprint density at radius 1 is 1.03 bits per heavy atom. The van der Waals surface area contributed by atoms with Crippen LogP contribution in [0.15, 0.2) is 21.9 Å². The summed E-state index contributed by atoms with van der Waals surface area (Å²) in [5.74, 6) is 0. The Kier molecular flexibility index (Phi) is 7.20. The summed E-state index contributed by atoms with van der Waals surface area (Å²) in [5, 5.41) is 19.9. The van der Waals surface area contributed by atoms with Gasteiger partial charge in [0, 0.05) is 12.3 Å². The zero-order valence-electron chi connectivity index (χ0n) is 13.8. The standard InChI is InChI=1S/C9H15N2O15P3/c12-5-1-2-11(9(15)10-5)8-7(14)6(13)4(24-8)3-23-28(19,20)26-29(21,22)25-27(16,17)18/h1-2,4,6-8,13-14H,3H2,(H,19,20)(H,21,22)(H,10,12,15)(H2,16,17,18)/t4-,6+,7+,8-/m0/s1. The van der Waals surface area contributed by atoms with Crippen molar-refractivity contribution in [3.05, 3.63) is 33.1 Å². The summed E-state index contributed by atoms with van der Waals surface area (Å²) in [4.78, 5) is 59.9. The molecule has 166 valence electrons. The van der Waals surface area contributed by atoms with Gasteiger partial charge in [-0.05, 0) is 0 Å². The number of phosphoric ester groups is 1. The molecule has 0 radical (unpaired) electrons. The van der Waals surface area contributed by atoms with Crippen molar-refractivity contribution in [2.75, 3.05) is 6.61 Å². The minimum absolute atomic E-state index is 0.708. The summed E-state index contributed by atoms with van der Waals surface area (Å²) in [5.41, 5.74) is -1.74. The Balaban J connectivity index is 2.06. The second-order valence-electron chi connectivity index (χ2n) is 5.45. The lowest BCUT2D eigenvalue weighted by Gasteiger charge is -2.19. The summed E-state index contributed by atoms with van der Waals surface area (Å²) in [6.07, 6.45) is -5.70. The molecule has 1 aromatic heterocycles. The van der Waals surface area contributed by atoms with Crippen LogP contribution in [0, 0.1) is 0 Å². The molecule has 0 aliphatic carbocycles. The molecule has 7 N–H and O–H groups in total. The predicted octanol–water partition coefficient (Wildman–Crippen LogP) is -2.50. The maximum Gasteiger partial charge on any atom is 0.490 e. The topological polar surface area (TPSA) is 264 Å². The quantitative estimate of drug-likeness (QED) is 0.188. The third-order valence-corrected chi connectivity index (χ3v) is 7.08. The fourth-order valence-electron chi connectivity index (χ4n) is 2.20. The Hall–Kier alpha value is -1.03. The number of nitrogens with one attached hydrogen (secondary N) is 1. The lowest BCUT2D eigenvalue weighted by atomic mass is 10.1. The van der Waals surface area contributed by atoms with E-state index in [0.29, 0.717) is 4.57 Å². The van der Waals surface area contributed by atoms with Crippen molar-refractivity contribution in [1.82, 2.24) is 9.55 Å². The summed E-state index contributed by atoms with van der Waals surface area (Å²) in [7, 11) is -16.8. The van der Waals surface area contributed by atoms with Crippen molar-refractivity contribution in [1.29, 1.82) is 0 Å². The van der Waals surface area contributed by atoms with Gasteiger partial charge in [0.2, 0.25) is 0 Å². The molecule has 1 aliphatic rings. The van der Waals surface area contributed by atoms with Crippen molar-refractivity contribution >= 4 is 23.5 Å². The third-order valence-electron chi connectivity index (χ3n) is 3.28. The van der Waals surface area contributed by atoms with E-state index in [-0.39, 0.29) is 0 Å². The molecule has 2 heterocycles. The van der Waals surface area contributed by atoms with Crippen LogP contribution in [0.4, 0.5) is 0 Å². The average Bonchev–Trinajstić information content (AvgIpc) is 2.78. The van der Waals surface area contributed by atoms with Crippen LogP contribution in [0.1, 0.15) is 6.23 Å². The average molecular weight is 484 g/mol. The van der Waals surface area contributed by atoms with Gasteiger partial charge in [-0.2, -0.15) is 8.62 Å².